The van der Waals surface area contributed by atoms with E-state index in [1.165, 1.54) is 0 Å². The molecule has 0 bridgehead atoms. The van der Waals surface area contributed by atoms with Crippen molar-refractivity contribution in [1.82, 2.24) is 0 Å². The number of carbonyl (C=O) groups is 1. The van der Waals surface area contributed by atoms with E-state index in [4.69, 9.17) is 9.84 Å². The first-order chi connectivity index (χ1) is 8.04. The van der Waals surface area contributed by atoms with Gasteiger partial charge >= 0.3 is 5.97 Å². The van der Waals surface area contributed by atoms with Crippen LogP contribution < -0.4 is 4.74 Å². The molecule has 1 aromatic rings. The molecule has 1 aromatic carbocycles. The smallest absolute Gasteiger partial charge is 0.307 e. The van der Waals surface area contributed by atoms with Gasteiger partial charge in [0.05, 0.1) is 12.5 Å². The Labute approximate surface area is 106 Å². The molecule has 1 atom stereocenters. The normalized spacial score (nSPS) is 12.2. The Bertz CT molecular complexity index is 390. The summed E-state index contributed by atoms with van der Waals surface area (Å²) in [5.74, 6) is 0.401. The monoisotopic (exact) mass is 254 g/mol. The zero-order chi connectivity index (χ0) is 12.8. The lowest BCUT2D eigenvalue weighted by Gasteiger charge is -2.10. The minimum absolute atomic E-state index is 0.327. The van der Waals surface area contributed by atoms with Crippen molar-refractivity contribution in [3.63, 3.8) is 0 Å². The highest BCUT2D eigenvalue weighted by molar-refractivity contribution is 7.99. The quantitative estimate of drug-likeness (QED) is 0.792. The number of aliphatic carboxylic acids is 1. The maximum absolute atomic E-state index is 10.7. The third-order valence-corrected chi connectivity index (χ3v) is 3.62. The van der Waals surface area contributed by atoms with Crippen LogP contribution in [0.4, 0.5) is 0 Å². The summed E-state index contributed by atoms with van der Waals surface area (Å²) >= 11 is 1.56. The Morgan fingerprint density at radius 1 is 1.53 bits per heavy atom. The van der Waals surface area contributed by atoms with Gasteiger partial charge in [0.2, 0.25) is 0 Å². The van der Waals surface area contributed by atoms with Gasteiger partial charge < -0.3 is 9.84 Å². The van der Waals surface area contributed by atoms with E-state index in [9.17, 15) is 4.79 Å². The molecule has 0 saturated heterocycles. The largest absolute Gasteiger partial charge is 0.494 e. The van der Waals surface area contributed by atoms with Crippen molar-refractivity contribution < 1.29 is 14.6 Å². The molecular formula is C13H18O3S. The Kier molecular flexibility index (Phi) is 5.35. The predicted molar refractivity (Wildman–Crippen MR) is 69.9 cm³/mol. The van der Waals surface area contributed by atoms with E-state index in [1.807, 2.05) is 32.0 Å². The van der Waals surface area contributed by atoms with E-state index in [-0.39, 0.29) is 5.92 Å². The van der Waals surface area contributed by atoms with Crippen LogP contribution in [0.5, 0.6) is 5.75 Å². The zero-order valence-corrected chi connectivity index (χ0v) is 11.2. The second-order valence-electron chi connectivity index (χ2n) is 3.91. The second kappa shape index (κ2) is 6.55. The lowest BCUT2D eigenvalue weighted by Crippen LogP contribution is -2.11. The minimum atomic E-state index is -0.750. The average Bonchev–Trinajstić information content (AvgIpc) is 2.29. The fourth-order valence-corrected chi connectivity index (χ4v) is 2.33. The first kappa shape index (κ1) is 13.9. The number of aryl methyl sites for hydroxylation is 1. The van der Waals surface area contributed by atoms with E-state index >= 15 is 0 Å². The summed E-state index contributed by atoms with van der Waals surface area (Å²) < 4.78 is 5.45. The lowest BCUT2D eigenvalue weighted by atomic mass is 10.2. The Hall–Kier alpha value is -1.16. The molecule has 0 aliphatic rings. The molecule has 0 aromatic heterocycles. The van der Waals surface area contributed by atoms with Crippen LogP contribution in [0.2, 0.25) is 0 Å². The van der Waals surface area contributed by atoms with Crippen LogP contribution in [-0.4, -0.2) is 23.4 Å². The number of ether oxygens (including phenoxy) is 1. The SMILES string of the molecule is CCOc1ccc(SCC(C)C(=O)O)cc1C. The number of rotatable bonds is 6. The third-order valence-electron chi connectivity index (χ3n) is 2.37. The van der Waals surface area contributed by atoms with Crippen molar-refractivity contribution in [1.29, 1.82) is 0 Å². The summed E-state index contributed by atoms with van der Waals surface area (Å²) in [6.45, 7) is 6.33. The molecule has 3 nitrogen and oxygen atoms in total. The first-order valence-electron chi connectivity index (χ1n) is 5.63. The van der Waals surface area contributed by atoms with Gasteiger partial charge in [-0.05, 0) is 37.6 Å². The van der Waals surface area contributed by atoms with Crippen LogP contribution in [-0.2, 0) is 4.79 Å². The maximum atomic E-state index is 10.7. The summed E-state index contributed by atoms with van der Waals surface area (Å²) in [6, 6.07) is 5.94. The Morgan fingerprint density at radius 3 is 2.76 bits per heavy atom. The molecule has 0 radical (unpaired) electrons. The standard InChI is InChI=1S/C13H18O3S/c1-4-16-12-6-5-11(7-9(12)2)17-8-10(3)13(14)15/h5-7,10H,4,8H2,1-3H3,(H,14,15). The molecule has 1 rings (SSSR count). The van der Waals surface area contributed by atoms with Crippen molar-refractivity contribution in [3.05, 3.63) is 23.8 Å². The summed E-state index contributed by atoms with van der Waals surface area (Å²) in [5, 5.41) is 8.80. The highest BCUT2D eigenvalue weighted by Crippen LogP contribution is 2.26. The van der Waals surface area contributed by atoms with Crippen LogP contribution >= 0.6 is 11.8 Å². The highest BCUT2D eigenvalue weighted by Gasteiger charge is 2.11. The van der Waals surface area contributed by atoms with E-state index < -0.39 is 5.97 Å². The predicted octanol–water partition coefficient (Wildman–Crippen LogP) is 3.21. The highest BCUT2D eigenvalue weighted by atomic mass is 32.2. The van der Waals surface area contributed by atoms with Crippen molar-refractivity contribution in [2.24, 2.45) is 5.92 Å². The van der Waals surface area contributed by atoms with Gasteiger partial charge in [-0.1, -0.05) is 6.92 Å². The summed E-state index contributed by atoms with van der Waals surface area (Å²) in [5.41, 5.74) is 1.08. The molecule has 0 spiro atoms. The molecular weight excluding hydrogens is 236 g/mol. The molecule has 0 amide bonds. The molecule has 0 heterocycles. The Morgan fingerprint density at radius 2 is 2.24 bits per heavy atom. The van der Waals surface area contributed by atoms with Crippen molar-refractivity contribution in [3.8, 4) is 5.75 Å². The van der Waals surface area contributed by atoms with Gasteiger partial charge in [-0.2, -0.15) is 0 Å². The number of carboxylic acids is 1. The van der Waals surface area contributed by atoms with E-state index in [0.717, 1.165) is 16.2 Å². The van der Waals surface area contributed by atoms with Gasteiger partial charge in [-0.3, -0.25) is 4.79 Å². The molecule has 0 saturated carbocycles. The number of hydrogen-bond donors (Lipinski definition) is 1. The van der Waals surface area contributed by atoms with Gasteiger partial charge in [0.15, 0.2) is 0 Å². The summed E-state index contributed by atoms with van der Waals surface area (Å²) in [6.07, 6.45) is 0. The summed E-state index contributed by atoms with van der Waals surface area (Å²) in [4.78, 5) is 11.8. The molecule has 1 N–H and O–H groups in total. The van der Waals surface area contributed by atoms with Crippen LogP contribution in [0, 0.1) is 12.8 Å². The lowest BCUT2D eigenvalue weighted by molar-refractivity contribution is -0.140. The summed E-state index contributed by atoms with van der Waals surface area (Å²) in [7, 11) is 0. The van der Waals surface area contributed by atoms with Crippen LogP contribution in [0.25, 0.3) is 0 Å². The molecule has 0 fully saturated rings. The maximum Gasteiger partial charge on any atom is 0.307 e. The molecule has 17 heavy (non-hydrogen) atoms. The molecule has 0 aliphatic carbocycles. The fraction of sp³-hybridized carbons (Fsp3) is 0.462. The van der Waals surface area contributed by atoms with Crippen molar-refractivity contribution in [2.75, 3.05) is 12.4 Å². The second-order valence-corrected chi connectivity index (χ2v) is 5.00. The van der Waals surface area contributed by atoms with Gasteiger partial charge in [0.1, 0.15) is 5.75 Å². The van der Waals surface area contributed by atoms with Crippen LogP contribution in [0.3, 0.4) is 0 Å². The minimum Gasteiger partial charge on any atom is -0.494 e. The van der Waals surface area contributed by atoms with Crippen molar-refractivity contribution >= 4 is 17.7 Å². The average molecular weight is 254 g/mol. The number of carboxylic acid groups (broad SMARTS) is 1. The van der Waals surface area contributed by atoms with E-state index in [0.29, 0.717) is 12.4 Å². The zero-order valence-electron chi connectivity index (χ0n) is 10.4. The van der Waals surface area contributed by atoms with E-state index in [1.54, 1.807) is 18.7 Å². The molecule has 1 unspecified atom stereocenters. The topological polar surface area (TPSA) is 46.5 Å². The number of thioether (sulfide) groups is 1. The third kappa shape index (κ3) is 4.30. The number of hydrogen-bond acceptors (Lipinski definition) is 3. The van der Waals surface area contributed by atoms with Crippen LogP contribution in [0.1, 0.15) is 19.4 Å². The van der Waals surface area contributed by atoms with Crippen molar-refractivity contribution in [2.45, 2.75) is 25.7 Å². The molecule has 4 heteroatoms. The fourth-order valence-electron chi connectivity index (χ4n) is 1.32. The van der Waals surface area contributed by atoms with Gasteiger partial charge in [0.25, 0.3) is 0 Å². The number of benzene rings is 1. The van der Waals surface area contributed by atoms with Crippen LogP contribution in [0.15, 0.2) is 23.1 Å². The van der Waals surface area contributed by atoms with Gasteiger partial charge in [-0.25, -0.2) is 0 Å². The Balaban J connectivity index is 2.61. The van der Waals surface area contributed by atoms with Gasteiger partial charge in [0, 0.05) is 10.6 Å². The van der Waals surface area contributed by atoms with E-state index in [2.05, 4.69) is 0 Å². The first-order valence-corrected chi connectivity index (χ1v) is 6.62. The van der Waals surface area contributed by atoms with Gasteiger partial charge in [-0.15, -0.1) is 11.8 Å². The molecule has 0 aliphatic heterocycles. The molecule has 94 valence electrons.